The molecule has 1 aliphatic carbocycles. The maximum absolute atomic E-state index is 8.87. The van der Waals surface area contributed by atoms with Gasteiger partial charge in [0.1, 0.15) is 17.0 Å². The molecular formula is C19H29N3OS. The van der Waals surface area contributed by atoms with Crippen molar-refractivity contribution in [3.05, 3.63) is 16.8 Å². The third-order valence-corrected chi connectivity index (χ3v) is 6.36. The zero-order chi connectivity index (χ0) is 17.2. The Morgan fingerprint density at radius 2 is 2.08 bits per heavy atom. The van der Waals surface area contributed by atoms with Crippen LogP contribution in [0.15, 0.2) is 6.33 Å². The molecule has 0 spiro atoms. The summed E-state index contributed by atoms with van der Waals surface area (Å²) in [4.78, 5) is 11.7. The SMILES string of the molecule is CC(C)(C)C1CCc2c(sc3ncnc(NCCCCCO)c23)C1. The first kappa shape index (κ1) is 17.6. The van der Waals surface area contributed by atoms with Crippen LogP contribution in [-0.2, 0) is 12.8 Å². The molecule has 2 heterocycles. The molecule has 0 bridgehead atoms. The minimum Gasteiger partial charge on any atom is -0.396 e. The summed E-state index contributed by atoms with van der Waals surface area (Å²) >= 11 is 1.86. The van der Waals surface area contributed by atoms with Crippen molar-refractivity contribution in [3.63, 3.8) is 0 Å². The second-order valence-corrected chi connectivity index (χ2v) is 9.01. The van der Waals surface area contributed by atoms with Gasteiger partial charge in [0.05, 0.1) is 5.39 Å². The fourth-order valence-electron chi connectivity index (χ4n) is 3.60. The van der Waals surface area contributed by atoms with Gasteiger partial charge in [-0.3, -0.25) is 0 Å². The van der Waals surface area contributed by atoms with Crippen molar-refractivity contribution in [2.45, 2.75) is 59.3 Å². The van der Waals surface area contributed by atoms with Crippen molar-refractivity contribution in [2.24, 2.45) is 11.3 Å². The van der Waals surface area contributed by atoms with Gasteiger partial charge in [0.2, 0.25) is 0 Å². The molecule has 0 amide bonds. The first-order chi connectivity index (χ1) is 11.5. The highest BCUT2D eigenvalue weighted by molar-refractivity contribution is 7.19. The number of aryl methyl sites for hydroxylation is 1. The molecule has 0 aromatic carbocycles. The minimum atomic E-state index is 0.282. The minimum absolute atomic E-state index is 0.282. The molecule has 3 rings (SSSR count). The molecule has 1 atom stereocenters. The van der Waals surface area contributed by atoms with Crippen LogP contribution in [0, 0.1) is 11.3 Å². The Bertz CT molecular complexity index is 690. The van der Waals surface area contributed by atoms with Crippen LogP contribution in [0.3, 0.4) is 0 Å². The number of aliphatic hydroxyl groups is 1. The Hall–Kier alpha value is -1.20. The molecule has 24 heavy (non-hydrogen) atoms. The Morgan fingerprint density at radius 1 is 1.25 bits per heavy atom. The highest BCUT2D eigenvalue weighted by Gasteiger charge is 2.31. The molecule has 1 unspecified atom stereocenters. The molecule has 0 aliphatic heterocycles. The van der Waals surface area contributed by atoms with Crippen molar-refractivity contribution in [2.75, 3.05) is 18.5 Å². The van der Waals surface area contributed by atoms with Gasteiger partial charge < -0.3 is 10.4 Å². The van der Waals surface area contributed by atoms with Gasteiger partial charge in [-0.1, -0.05) is 20.8 Å². The number of hydrogen-bond donors (Lipinski definition) is 2. The standard InChI is InChI=1S/C19H29N3OS/c1-19(2,3)13-7-8-14-15(11-13)24-18-16(14)17(21-12-22-18)20-9-5-4-6-10-23/h12-13,23H,4-11H2,1-3H3,(H,20,21,22). The Balaban J connectivity index is 1.80. The van der Waals surface area contributed by atoms with Crippen molar-refractivity contribution >= 4 is 27.4 Å². The maximum Gasteiger partial charge on any atom is 0.138 e. The van der Waals surface area contributed by atoms with Gasteiger partial charge in [0, 0.05) is 18.0 Å². The predicted molar refractivity (Wildman–Crippen MR) is 102 cm³/mol. The third-order valence-electron chi connectivity index (χ3n) is 5.20. The van der Waals surface area contributed by atoms with E-state index in [1.54, 1.807) is 6.33 Å². The van der Waals surface area contributed by atoms with Crippen LogP contribution >= 0.6 is 11.3 Å². The van der Waals surface area contributed by atoms with E-state index >= 15 is 0 Å². The Labute approximate surface area is 148 Å². The number of nitrogens with zero attached hydrogens (tertiary/aromatic N) is 2. The lowest BCUT2D eigenvalue weighted by Gasteiger charge is -2.33. The van der Waals surface area contributed by atoms with Crippen LogP contribution in [0.4, 0.5) is 5.82 Å². The van der Waals surface area contributed by atoms with E-state index in [-0.39, 0.29) is 6.61 Å². The first-order valence-corrected chi connectivity index (χ1v) is 9.92. The maximum atomic E-state index is 8.87. The van der Waals surface area contributed by atoms with E-state index in [0.717, 1.165) is 48.8 Å². The monoisotopic (exact) mass is 347 g/mol. The molecule has 132 valence electrons. The summed E-state index contributed by atoms with van der Waals surface area (Å²) in [5, 5.41) is 13.6. The number of nitrogens with one attached hydrogen (secondary N) is 1. The van der Waals surface area contributed by atoms with Gasteiger partial charge in [-0.2, -0.15) is 0 Å². The van der Waals surface area contributed by atoms with Gasteiger partial charge in [0.25, 0.3) is 0 Å². The van der Waals surface area contributed by atoms with Crippen molar-refractivity contribution in [3.8, 4) is 0 Å². The average Bonchev–Trinajstić information content (AvgIpc) is 2.92. The van der Waals surface area contributed by atoms with Crippen LogP contribution in [0.25, 0.3) is 10.2 Å². The van der Waals surface area contributed by atoms with E-state index in [1.165, 1.54) is 28.7 Å². The van der Waals surface area contributed by atoms with E-state index in [2.05, 4.69) is 36.1 Å². The van der Waals surface area contributed by atoms with Crippen LogP contribution in [0.1, 0.15) is 56.9 Å². The van der Waals surface area contributed by atoms with E-state index in [9.17, 15) is 0 Å². The van der Waals surface area contributed by atoms with Crippen LogP contribution in [0.2, 0.25) is 0 Å². The van der Waals surface area contributed by atoms with Crippen LogP contribution in [0.5, 0.6) is 0 Å². The second kappa shape index (κ2) is 7.36. The van der Waals surface area contributed by atoms with Crippen molar-refractivity contribution in [1.82, 2.24) is 9.97 Å². The summed E-state index contributed by atoms with van der Waals surface area (Å²) in [5.41, 5.74) is 1.85. The van der Waals surface area contributed by atoms with E-state index in [0.29, 0.717) is 5.41 Å². The number of fused-ring (bicyclic) bond motifs is 3. The molecule has 0 radical (unpaired) electrons. The second-order valence-electron chi connectivity index (χ2n) is 7.92. The summed E-state index contributed by atoms with van der Waals surface area (Å²) in [7, 11) is 0. The number of aromatic nitrogens is 2. The summed E-state index contributed by atoms with van der Waals surface area (Å²) in [6, 6.07) is 0. The van der Waals surface area contributed by atoms with Gasteiger partial charge in [-0.25, -0.2) is 9.97 Å². The van der Waals surface area contributed by atoms with Gasteiger partial charge in [0.15, 0.2) is 0 Å². The zero-order valence-electron chi connectivity index (χ0n) is 15.1. The molecule has 2 N–H and O–H groups in total. The molecular weight excluding hydrogens is 318 g/mol. The molecule has 4 nitrogen and oxygen atoms in total. The highest BCUT2D eigenvalue weighted by Crippen LogP contribution is 2.44. The quantitative estimate of drug-likeness (QED) is 0.760. The number of thiophene rings is 1. The number of hydrogen-bond acceptors (Lipinski definition) is 5. The fraction of sp³-hybridized carbons (Fsp3) is 0.684. The number of anilines is 1. The molecule has 5 heteroatoms. The lowest BCUT2D eigenvalue weighted by Crippen LogP contribution is -2.26. The van der Waals surface area contributed by atoms with Gasteiger partial charge in [-0.05, 0) is 55.4 Å². The number of aliphatic hydroxyl groups excluding tert-OH is 1. The highest BCUT2D eigenvalue weighted by atomic mass is 32.1. The molecule has 2 aromatic heterocycles. The van der Waals surface area contributed by atoms with Crippen LogP contribution in [-0.4, -0.2) is 28.2 Å². The molecule has 0 saturated carbocycles. The predicted octanol–water partition coefficient (Wildman–Crippen LogP) is 4.42. The Kier molecular flexibility index (Phi) is 5.40. The lowest BCUT2D eigenvalue weighted by atomic mass is 9.72. The normalized spacial score (nSPS) is 17.9. The average molecular weight is 348 g/mol. The fourth-order valence-corrected chi connectivity index (χ4v) is 4.87. The summed E-state index contributed by atoms with van der Waals surface area (Å²) in [5.74, 6) is 1.75. The smallest absolute Gasteiger partial charge is 0.138 e. The molecule has 1 aliphatic rings. The zero-order valence-corrected chi connectivity index (χ0v) is 15.9. The summed E-state index contributed by atoms with van der Waals surface area (Å²) in [6.07, 6.45) is 8.24. The lowest BCUT2D eigenvalue weighted by molar-refractivity contribution is 0.218. The van der Waals surface area contributed by atoms with Crippen molar-refractivity contribution in [1.29, 1.82) is 0 Å². The topological polar surface area (TPSA) is 58.0 Å². The summed E-state index contributed by atoms with van der Waals surface area (Å²) < 4.78 is 0. The first-order valence-electron chi connectivity index (χ1n) is 9.10. The van der Waals surface area contributed by atoms with Gasteiger partial charge in [-0.15, -0.1) is 11.3 Å². The molecule has 2 aromatic rings. The van der Waals surface area contributed by atoms with Crippen molar-refractivity contribution < 1.29 is 5.11 Å². The van der Waals surface area contributed by atoms with Crippen LogP contribution < -0.4 is 5.32 Å². The van der Waals surface area contributed by atoms with E-state index < -0.39 is 0 Å². The van der Waals surface area contributed by atoms with E-state index in [1.807, 2.05) is 11.3 Å². The molecule has 0 fully saturated rings. The van der Waals surface area contributed by atoms with Gasteiger partial charge >= 0.3 is 0 Å². The third kappa shape index (κ3) is 3.72. The number of rotatable bonds is 6. The Morgan fingerprint density at radius 3 is 2.83 bits per heavy atom. The number of unbranched alkanes of at least 4 members (excludes halogenated alkanes) is 2. The summed E-state index contributed by atoms with van der Waals surface area (Å²) in [6.45, 7) is 8.26. The molecule has 0 saturated heterocycles. The van der Waals surface area contributed by atoms with E-state index in [4.69, 9.17) is 5.11 Å². The largest absolute Gasteiger partial charge is 0.396 e.